The average molecular weight is 328 g/mol. The van der Waals surface area contributed by atoms with Crippen LogP contribution in [0.3, 0.4) is 0 Å². The van der Waals surface area contributed by atoms with Gasteiger partial charge >= 0.3 is 0 Å². The Balaban J connectivity index is 0.00000133. The van der Waals surface area contributed by atoms with Crippen molar-refractivity contribution in [2.75, 3.05) is 13.6 Å². The van der Waals surface area contributed by atoms with Crippen LogP contribution in [-0.4, -0.2) is 40.9 Å². The number of benzene rings is 1. The highest BCUT2D eigenvalue weighted by Gasteiger charge is 2.45. The van der Waals surface area contributed by atoms with E-state index in [4.69, 9.17) is 0 Å². The molecule has 0 spiro atoms. The predicted molar refractivity (Wildman–Crippen MR) is 81.0 cm³/mol. The molecule has 4 heteroatoms. The van der Waals surface area contributed by atoms with Crippen molar-refractivity contribution in [2.45, 2.75) is 43.2 Å². The number of phenolic OH excluding ortho intramolecular Hbond substituents is 1. The molecule has 3 atom stereocenters. The second kappa shape index (κ2) is 5.43. The first kappa shape index (κ1) is 14.8. The van der Waals surface area contributed by atoms with Gasteiger partial charge in [0.15, 0.2) is 0 Å². The quantitative estimate of drug-likeness (QED) is 0.832. The van der Waals surface area contributed by atoms with E-state index in [2.05, 4.69) is 18.0 Å². The minimum atomic E-state index is -0.214. The van der Waals surface area contributed by atoms with Crippen LogP contribution in [0.15, 0.2) is 24.3 Å². The molecule has 2 N–H and O–H groups in total. The molecule has 2 bridgehead atoms. The van der Waals surface area contributed by atoms with E-state index in [0.29, 0.717) is 11.8 Å². The number of fused-ring (bicyclic) bond motifs is 2. The number of aromatic hydroxyl groups is 1. The molecule has 1 aromatic rings. The van der Waals surface area contributed by atoms with Gasteiger partial charge in [0.2, 0.25) is 0 Å². The van der Waals surface area contributed by atoms with Gasteiger partial charge in [0.1, 0.15) is 5.75 Å². The van der Waals surface area contributed by atoms with Crippen LogP contribution in [0.1, 0.15) is 31.2 Å². The van der Waals surface area contributed by atoms with Crippen LogP contribution in [0.5, 0.6) is 5.75 Å². The van der Waals surface area contributed by atoms with Crippen molar-refractivity contribution in [1.29, 1.82) is 0 Å². The lowest BCUT2D eigenvalue weighted by molar-refractivity contribution is -0.00646. The Hall–Kier alpha value is -0.580. The standard InChI is InChI=1S/C15H21NO2.BrH/c1-16-6-5-15(9-12(16)8-14(18)10-15)11-3-2-4-13(17)7-11;/h2-4,7,12,14,17-18H,5-6,8-10H2,1H3;1H/t12-,14-,15-;/m1./s1. The summed E-state index contributed by atoms with van der Waals surface area (Å²) in [7, 11) is 2.15. The van der Waals surface area contributed by atoms with E-state index >= 15 is 0 Å². The molecule has 2 aliphatic rings. The van der Waals surface area contributed by atoms with E-state index < -0.39 is 0 Å². The Morgan fingerprint density at radius 3 is 2.84 bits per heavy atom. The summed E-state index contributed by atoms with van der Waals surface area (Å²) in [6, 6.07) is 8.07. The molecule has 1 saturated heterocycles. The van der Waals surface area contributed by atoms with Crippen LogP contribution in [0.2, 0.25) is 0 Å². The summed E-state index contributed by atoms with van der Waals surface area (Å²) >= 11 is 0. The van der Waals surface area contributed by atoms with Crippen LogP contribution in [0.25, 0.3) is 0 Å². The smallest absolute Gasteiger partial charge is 0.115 e. The fourth-order valence-electron chi connectivity index (χ4n) is 3.79. The lowest BCUT2D eigenvalue weighted by Gasteiger charge is -2.51. The number of aliphatic hydroxyl groups is 1. The molecule has 1 aromatic carbocycles. The molecule has 1 aliphatic heterocycles. The van der Waals surface area contributed by atoms with Crippen molar-refractivity contribution >= 4 is 17.0 Å². The molecule has 0 unspecified atom stereocenters. The molecule has 3 rings (SSSR count). The number of hydrogen-bond acceptors (Lipinski definition) is 3. The Kier molecular flexibility index (Phi) is 4.23. The summed E-state index contributed by atoms with van der Waals surface area (Å²) < 4.78 is 0. The van der Waals surface area contributed by atoms with E-state index in [-0.39, 0.29) is 28.5 Å². The predicted octanol–water partition coefficient (Wildman–Crippen LogP) is 2.46. The molecule has 3 nitrogen and oxygen atoms in total. The third-order valence-corrected chi connectivity index (χ3v) is 4.82. The first-order valence-corrected chi connectivity index (χ1v) is 6.77. The largest absolute Gasteiger partial charge is 0.508 e. The molecule has 1 saturated carbocycles. The van der Waals surface area contributed by atoms with Gasteiger partial charge in [-0.2, -0.15) is 0 Å². The minimum Gasteiger partial charge on any atom is -0.508 e. The number of halogens is 1. The lowest BCUT2D eigenvalue weighted by Crippen LogP contribution is -2.53. The van der Waals surface area contributed by atoms with E-state index in [1.54, 1.807) is 6.07 Å². The van der Waals surface area contributed by atoms with Gasteiger partial charge in [0, 0.05) is 11.5 Å². The number of hydrogen-bond donors (Lipinski definition) is 2. The van der Waals surface area contributed by atoms with Gasteiger partial charge < -0.3 is 15.1 Å². The Bertz CT molecular complexity index is 454. The van der Waals surface area contributed by atoms with Gasteiger partial charge in [-0.25, -0.2) is 0 Å². The van der Waals surface area contributed by atoms with E-state index in [1.807, 2.05) is 12.1 Å². The third kappa shape index (κ3) is 2.67. The van der Waals surface area contributed by atoms with Crippen LogP contribution < -0.4 is 0 Å². The second-order valence-electron chi connectivity index (χ2n) is 6.01. The monoisotopic (exact) mass is 327 g/mol. The third-order valence-electron chi connectivity index (χ3n) is 4.82. The number of likely N-dealkylation sites (tertiary alicyclic amines) is 1. The molecule has 0 radical (unpaired) electrons. The molecule has 106 valence electrons. The zero-order chi connectivity index (χ0) is 12.8. The van der Waals surface area contributed by atoms with Gasteiger partial charge in [0.25, 0.3) is 0 Å². The van der Waals surface area contributed by atoms with E-state index in [0.717, 1.165) is 32.2 Å². The highest BCUT2D eigenvalue weighted by Crippen LogP contribution is 2.47. The van der Waals surface area contributed by atoms with Gasteiger partial charge in [-0.15, -0.1) is 17.0 Å². The van der Waals surface area contributed by atoms with Gasteiger partial charge in [0.05, 0.1) is 6.10 Å². The molecule has 0 amide bonds. The minimum absolute atomic E-state index is 0. The first-order chi connectivity index (χ1) is 8.59. The average Bonchev–Trinajstić information content (AvgIpc) is 2.34. The molecular formula is C15H22BrNO2. The SMILES string of the molecule is Br.CN1CC[C@]2(c3cccc(O)c3)C[C@H](O)C[C@@H]1C2. The summed E-state index contributed by atoms with van der Waals surface area (Å²) in [6.45, 7) is 1.08. The molecule has 2 fully saturated rings. The summed E-state index contributed by atoms with van der Waals surface area (Å²) in [5, 5.41) is 19.8. The topological polar surface area (TPSA) is 43.7 Å². The van der Waals surface area contributed by atoms with Gasteiger partial charge in [-0.3, -0.25) is 0 Å². The number of phenols is 1. The normalized spacial score (nSPS) is 34.6. The summed E-state index contributed by atoms with van der Waals surface area (Å²) in [6.07, 6.45) is 3.68. The maximum Gasteiger partial charge on any atom is 0.115 e. The Morgan fingerprint density at radius 2 is 2.11 bits per heavy atom. The lowest BCUT2D eigenvalue weighted by atomic mass is 9.62. The van der Waals surface area contributed by atoms with Crippen molar-refractivity contribution in [3.8, 4) is 5.75 Å². The second-order valence-corrected chi connectivity index (χ2v) is 6.01. The van der Waals surface area contributed by atoms with Crippen LogP contribution >= 0.6 is 17.0 Å². The van der Waals surface area contributed by atoms with Crippen LogP contribution in [0.4, 0.5) is 0 Å². The number of rotatable bonds is 1. The van der Waals surface area contributed by atoms with Crippen molar-refractivity contribution in [3.63, 3.8) is 0 Å². The Morgan fingerprint density at radius 1 is 1.32 bits per heavy atom. The van der Waals surface area contributed by atoms with E-state index in [9.17, 15) is 10.2 Å². The fourth-order valence-corrected chi connectivity index (χ4v) is 3.79. The number of piperidine rings is 1. The van der Waals surface area contributed by atoms with Crippen LogP contribution in [-0.2, 0) is 5.41 Å². The number of aliphatic hydroxyl groups excluding tert-OH is 1. The van der Waals surface area contributed by atoms with Crippen molar-refractivity contribution in [1.82, 2.24) is 4.90 Å². The molecule has 1 aliphatic carbocycles. The summed E-state index contributed by atoms with van der Waals surface area (Å²) in [4.78, 5) is 2.36. The van der Waals surface area contributed by atoms with Crippen molar-refractivity contribution in [3.05, 3.63) is 29.8 Å². The highest BCUT2D eigenvalue weighted by molar-refractivity contribution is 8.93. The zero-order valence-corrected chi connectivity index (χ0v) is 13.0. The van der Waals surface area contributed by atoms with Crippen LogP contribution in [0, 0.1) is 0 Å². The summed E-state index contributed by atoms with van der Waals surface area (Å²) in [5.74, 6) is 0.331. The molecule has 19 heavy (non-hydrogen) atoms. The number of nitrogens with zero attached hydrogens (tertiary/aromatic N) is 1. The van der Waals surface area contributed by atoms with Crippen molar-refractivity contribution < 1.29 is 10.2 Å². The summed E-state index contributed by atoms with van der Waals surface area (Å²) in [5.41, 5.74) is 1.26. The Labute approximate surface area is 125 Å². The molecular weight excluding hydrogens is 306 g/mol. The highest BCUT2D eigenvalue weighted by atomic mass is 79.9. The first-order valence-electron chi connectivity index (χ1n) is 6.77. The maximum absolute atomic E-state index is 10.1. The van der Waals surface area contributed by atoms with Crippen molar-refractivity contribution in [2.24, 2.45) is 0 Å². The van der Waals surface area contributed by atoms with E-state index in [1.165, 1.54) is 5.56 Å². The zero-order valence-electron chi connectivity index (χ0n) is 11.2. The van der Waals surface area contributed by atoms with Gasteiger partial charge in [-0.05, 0) is 57.0 Å². The maximum atomic E-state index is 10.1. The molecule has 0 aromatic heterocycles. The molecule has 1 heterocycles. The van der Waals surface area contributed by atoms with Gasteiger partial charge in [-0.1, -0.05) is 12.1 Å². The fraction of sp³-hybridized carbons (Fsp3) is 0.600.